The number of benzene rings is 1. The minimum atomic E-state index is -3.85. The summed E-state index contributed by atoms with van der Waals surface area (Å²) in [4.78, 5) is 28.5. The van der Waals surface area contributed by atoms with Crippen LogP contribution in [0.3, 0.4) is 0 Å². The molecule has 0 aromatic heterocycles. The summed E-state index contributed by atoms with van der Waals surface area (Å²) in [6.07, 6.45) is 0.130. The highest BCUT2D eigenvalue weighted by Crippen LogP contribution is 2.28. The van der Waals surface area contributed by atoms with Crippen LogP contribution in [0.1, 0.15) is 20.3 Å². The second-order valence-electron chi connectivity index (χ2n) is 7.16. The highest BCUT2D eigenvalue weighted by Gasteiger charge is 2.38. The predicted octanol–water partition coefficient (Wildman–Crippen LogP) is -0.104. The number of amides is 2. The largest absolute Gasteiger partial charge is 0.339 e. The summed E-state index contributed by atoms with van der Waals surface area (Å²) in [6, 6.07) is 6.36. The normalized spacial score (nSPS) is 27.0. The van der Waals surface area contributed by atoms with E-state index >= 15 is 0 Å². The molecule has 8 nitrogen and oxygen atoms in total. The van der Waals surface area contributed by atoms with Gasteiger partial charge in [-0.15, -0.1) is 0 Å². The molecule has 2 aliphatic rings. The molecule has 9 heteroatoms. The lowest BCUT2D eigenvalue weighted by molar-refractivity contribution is -0.137. The summed E-state index contributed by atoms with van der Waals surface area (Å²) in [5, 5.41) is 8.54. The lowest BCUT2D eigenvalue weighted by Gasteiger charge is -2.37. The smallest absolute Gasteiger partial charge is 0.238 e. The molecule has 26 heavy (non-hydrogen) atoms. The minimum absolute atomic E-state index is 0.0244. The van der Waals surface area contributed by atoms with Gasteiger partial charge in [-0.1, -0.05) is 6.07 Å². The zero-order chi connectivity index (χ0) is 19.1. The molecule has 0 spiro atoms. The van der Waals surface area contributed by atoms with Gasteiger partial charge in [-0.25, -0.2) is 13.6 Å². The molecule has 3 atom stereocenters. The first-order valence-electron chi connectivity index (χ1n) is 8.63. The molecule has 2 amide bonds. The van der Waals surface area contributed by atoms with Gasteiger partial charge in [0.15, 0.2) is 0 Å². The lowest BCUT2D eigenvalue weighted by atomic mass is 10.0. The van der Waals surface area contributed by atoms with E-state index in [4.69, 9.17) is 5.14 Å². The molecule has 142 valence electrons. The predicted molar refractivity (Wildman–Crippen MR) is 96.9 cm³/mol. The van der Waals surface area contributed by atoms with Crippen LogP contribution in [-0.4, -0.2) is 56.9 Å². The van der Waals surface area contributed by atoms with Crippen LogP contribution in [0, 0.1) is 5.92 Å². The third kappa shape index (κ3) is 3.89. The van der Waals surface area contributed by atoms with E-state index in [-0.39, 0.29) is 41.8 Å². The summed E-state index contributed by atoms with van der Waals surface area (Å²) >= 11 is 0. The molecular weight excluding hydrogens is 356 g/mol. The number of piperazine rings is 1. The van der Waals surface area contributed by atoms with Crippen molar-refractivity contribution < 1.29 is 18.0 Å². The number of rotatable bonds is 3. The Morgan fingerprint density at radius 3 is 2.46 bits per heavy atom. The van der Waals surface area contributed by atoms with Crippen molar-refractivity contribution in [1.29, 1.82) is 0 Å². The van der Waals surface area contributed by atoms with Gasteiger partial charge in [0, 0.05) is 43.8 Å². The van der Waals surface area contributed by atoms with Crippen molar-refractivity contribution in [1.82, 2.24) is 10.2 Å². The van der Waals surface area contributed by atoms with E-state index < -0.39 is 15.9 Å². The summed E-state index contributed by atoms with van der Waals surface area (Å²) in [7, 11) is -3.85. The molecular formula is C17H24N4O4S. The molecule has 1 aromatic carbocycles. The Balaban J connectivity index is 1.76. The standard InChI is InChI=1S/C17H24N4O4S/c1-11-8-20(9-12(2)19-11)17(23)13-6-16(22)21(10-13)14-4-3-5-15(7-14)26(18,24)25/h3-5,7,11-13,19H,6,8-10H2,1-2H3,(H2,18,24,25). The molecule has 3 rings (SSSR count). The Kier molecular flexibility index (Phi) is 5.05. The van der Waals surface area contributed by atoms with Crippen molar-refractivity contribution in [3.05, 3.63) is 24.3 Å². The maximum absolute atomic E-state index is 12.8. The Morgan fingerprint density at radius 2 is 1.85 bits per heavy atom. The number of hydrogen-bond donors (Lipinski definition) is 2. The van der Waals surface area contributed by atoms with Gasteiger partial charge in [0.1, 0.15) is 0 Å². The highest BCUT2D eigenvalue weighted by atomic mass is 32.2. The van der Waals surface area contributed by atoms with E-state index in [1.54, 1.807) is 6.07 Å². The molecule has 3 N–H and O–H groups in total. The summed E-state index contributed by atoms with van der Waals surface area (Å²) in [5.74, 6) is -0.632. The molecule has 0 radical (unpaired) electrons. The van der Waals surface area contributed by atoms with Crippen LogP contribution in [0.25, 0.3) is 0 Å². The number of carbonyl (C=O) groups is 2. The molecule has 3 unspecified atom stereocenters. The maximum Gasteiger partial charge on any atom is 0.238 e. The van der Waals surface area contributed by atoms with E-state index in [0.717, 1.165) is 0 Å². The van der Waals surface area contributed by atoms with E-state index in [0.29, 0.717) is 18.8 Å². The fourth-order valence-electron chi connectivity index (χ4n) is 3.72. The molecule has 2 fully saturated rings. The Bertz CT molecular complexity index is 816. The van der Waals surface area contributed by atoms with Crippen molar-refractivity contribution in [3.8, 4) is 0 Å². The van der Waals surface area contributed by atoms with E-state index in [1.807, 2.05) is 18.7 Å². The zero-order valence-corrected chi connectivity index (χ0v) is 15.7. The Hall–Kier alpha value is -1.97. The van der Waals surface area contributed by atoms with Crippen LogP contribution in [0.5, 0.6) is 0 Å². The molecule has 2 aliphatic heterocycles. The maximum atomic E-state index is 12.8. The van der Waals surface area contributed by atoms with Crippen LogP contribution >= 0.6 is 0 Å². The van der Waals surface area contributed by atoms with Gasteiger partial charge < -0.3 is 15.1 Å². The number of nitrogens with one attached hydrogen (secondary N) is 1. The Morgan fingerprint density at radius 1 is 1.19 bits per heavy atom. The fraction of sp³-hybridized carbons (Fsp3) is 0.529. The van der Waals surface area contributed by atoms with Crippen LogP contribution in [0.2, 0.25) is 0 Å². The van der Waals surface area contributed by atoms with Gasteiger partial charge >= 0.3 is 0 Å². The Labute approximate surface area is 153 Å². The third-order valence-corrected chi connectivity index (χ3v) is 5.71. The van der Waals surface area contributed by atoms with Crippen LogP contribution < -0.4 is 15.4 Å². The monoisotopic (exact) mass is 380 g/mol. The third-order valence-electron chi connectivity index (χ3n) is 4.80. The molecule has 0 aliphatic carbocycles. The first-order valence-corrected chi connectivity index (χ1v) is 10.2. The van der Waals surface area contributed by atoms with Gasteiger partial charge in [0.2, 0.25) is 21.8 Å². The van der Waals surface area contributed by atoms with Gasteiger partial charge in [-0.05, 0) is 32.0 Å². The number of hydrogen-bond acceptors (Lipinski definition) is 5. The van der Waals surface area contributed by atoms with Gasteiger partial charge in [-0.3, -0.25) is 9.59 Å². The number of nitrogens with two attached hydrogens (primary N) is 1. The minimum Gasteiger partial charge on any atom is -0.339 e. The van der Waals surface area contributed by atoms with Crippen molar-refractivity contribution in [2.45, 2.75) is 37.2 Å². The number of nitrogens with zero attached hydrogens (tertiary/aromatic N) is 2. The molecule has 0 bridgehead atoms. The first-order chi connectivity index (χ1) is 12.1. The van der Waals surface area contributed by atoms with Crippen molar-refractivity contribution >= 4 is 27.5 Å². The SMILES string of the molecule is CC1CN(C(=O)C2CC(=O)N(c3cccc(S(N)(=O)=O)c3)C2)CC(C)N1. The molecule has 0 saturated carbocycles. The first kappa shape index (κ1) is 18.8. The summed E-state index contributed by atoms with van der Waals surface area (Å²) in [5.41, 5.74) is 0.443. The van der Waals surface area contributed by atoms with E-state index in [1.165, 1.54) is 23.1 Å². The van der Waals surface area contributed by atoms with Gasteiger partial charge in [0.25, 0.3) is 0 Å². The summed E-state index contributed by atoms with van der Waals surface area (Å²) in [6.45, 7) is 5.55. The van der Waals surface area contributed by atoms with Crippen molar-refractivity contribution in [2.75, 3.05) is 24.5 Å². The van der Waals surface area contributed by atoms with Crippen molar-refractivity contribution in [2.24, 2.45) is 11.1 Å². The number of carbonyl (C=O) groups excluding carboxylic acids is 2. The average molecular weight is 380 g/mol. The topological polar surface area (TPSA) is 113 Å². The number of anilines is 1. The van der Waals surface area contributed by atoms with Gasteiger partial charge in [-0.2, -0.15) is 0 Å². The second-order valence-corrected chi connectivity index (χ2v) is 8.72. The quantitative estimate of drug-likeness (QED) is 0.760. The average Bonchev–Trinajstić information content (AvgIpc) is 2.94. The van der Waals surface area contributed by atoms with E-state index in [2.05, 4.69) is 5.32 Å². The molecule has 2 saturated heterocycles. The highest BCUT2D eigenvalue weighted by molar-refractivity contribution is 7.89. The summed E-state index contributed by atoms with van der Waals surface area (Å²) < 4.78 is 23.1. The lowest BCUT2D eigenvalue weighted by Crippen LogP contribution is -2.57. The van der Waals surface area contributed by atoms with Crippen molar-refractivity contribution in [3.63, 3.8) is 0 Å². The zero-order valence-electron chi connectivity index (χ0n) is 14.9. The number of sulfonamides is 1. The van der Waals surface area contributed by atoms with Crippen LogP contribution in [0.15, 0.2) is 29.2 Å². The van der Waals surface area contributed by atoms with Gasteiger partial charge in [0.05, 0.1) is 10.8 Å². The fourth-order valence-corrected chi connectivity index (χ4v) is 4.27. The second kappa shape index (κ2) is 6.98. The van der Waals surface area contributed by atoms with E-state index in [9.17, 15) is 18.0 Å². The number of primary sulfonamides is 1. The molecule has 2 heterocycles. The van der Waals surface area contributed by atoms with Crippen LogP contribution in [-0.2, 0) is 19.6 Å². The van der Waals surface area contributed by atoms with Crippen LogP contribution in [0.4, 0.5) is 5.69 Å². The molecule has 1 aromatic rings.